The molecule has 0 spiro atoms. The van der Waals surface area contributed by atoms with Crippen LogP contribution in [0, 0.1) is 23.7 Å². The van der Waals surface area contributed by atoms with E-state index in [2.05, 4.69) is 17.2 Å². The zero-order valence-corrected chi connectivity index (χ0v) is 20.9. The van der Waals surface area contributed by atoms with Crippen LogP contribution in [0.5, 0.6) is 5.75 Å². The molecule has 8 nitrogen and oxygen atoms in total. The number of hydrogen-bond donors (Lipinski definition) is 2. The van der Waals surface area contributed by atoms with Crippen LogP contribution in [0.2, 0.25) is 0 Å². The molecule has 1 fully saturated rings. The summed E-state index contributed by atoms with van der Waals surface area (Å²) in [5, 5.41) is 12.6. The highest BCUT2D eigenvalue weighted by molar-refractivity contribution is 7.89. The molecule has 1 aliphatic carbocycles. The van der Waals surface area contributed by atoms with E-state index >= 15 is 0 Å². The van der Waals surface area contributed by atoms with Crippen LogP contribution in [0.3, 0.4) is 0 Å². The van der Waals surface area contributed by atoms with Gasteiger partial charge < -0.3 is 20.1 Å². The predicted octanol–water partition coefficient (Wildman–Crippen LogP) is 2.27. The van der Waals surface area contributed by atoms with Gasteiger partial charge in [0.1, 0.15) is 16.7 Å². The van der Waals surface area contributed by atoms with Gasteiger partial charge >= 0.3 is 6.03 Å². The lowest BCUT2D eigenvalue weighted by Gasteiger charge is -2.37. The van der Waals surface area contributed by atoms with Crippen molar-refractivity contribution in [3.8, 4) is 17.6 Å². The molecule has 3 atom stereocenters. The quantitative estimate of drug-likeness (QED) is 0.634. The number of sulfonamides is 1. The number of ether oxygens (including phenoxy) is 1. The lowest BCUT2D eigenvalue weighted by atomic mass is 10.0. The first-order chi connectivity index (χ1) is 15.5. The van der Waals surface area contributed by atoms with Gasteiger partial charge in [0.2, 0.25) is 10.0 Å². The van der Waals surface area contributed by atoms with E-state index < -0.39 is 22.2 Å². The van der Waals surface area contributed by atoms with Gasteiger partial charge in [0.05, 0.1) is 13.2 Å². The fourth-order valence-corrected chi connectivity index (χ4v) is 5.47. The van der Waals surface area contributed by atoms with Crippen molar-refractivity contribution < 1.29 is 23.1 Å². The number of benzene rings is 1. The number of nitrogens with one attached hydrogen (secondary N) is 1. The molecule has 1 aromatic carbocycles. The first-order valence-electron chi connectivity index (χ1n) is 11.5. The summed E-state index contributed by atoms with van der Waals surface area (Å²) in [5.41, 5.74) is 0.690. The summed E-state index contributed by atoms with van der Waals surface area (Å²) in [6, 6.07) is 4.07. The van der Waals surface area contributed by atoms with Gasteiger partial charge in [-0.25, -0.2) is 13.2 Å². The maximum Gasteiger partial charge on any atom is 0.317 e. The van der Waals surface area contributed by atoms with Crippen molar-refractivity contribution in [2.24, 2.45) is 11.8 Å². The third-order valence-corrected chi connectivity index (χ3v) is 7.90. The number of aliphatic hydroxyl groups excluding tert-OH is 1. The molecule has 2 amide bonds. The Bertz CT molecular complexity index is 1030. The molecule has 0 bridgehead atoms. The molecule has 0 radical (unpaired) electrons. The van der Waals surface area contributed by atoms with Gasteiger partial charge in [0.15, 0.2) is 0 Å². The molecule has 9 heteroatoms. The van der Waals surface area contributed by atoms with Gasteiger partial charge in [-0.15, -0.1) is 0 Å². The van der Waals surface area contributed by atoms with Crippen molar-refractivity contribution in [3.63, 3.8) is 0 Å². The molecular formula is C24H35N3O5S. The molecule has 1 aromatic rings. The molecule has 1 aliphatic heterocycles. The highest BCUT2D eigenvalue weighted by Gasteiger charge is 2.38. The second-order valence-corrected chi connectivity index (χ2v) is 11.3. The summed E-state index contributed by atoms with van der Waals surface area (Å²) < 4.78 is 34.6. The van der Waals surface area contributed by atoms with Crippen LogP contribution in [-0.2, 0) is 10.0 Å². The number of carbonyl (C=O) groups is 1. The van der Waals surface area contributed by atoms with E-state index in [1.165, 1.54) is 10.4 Å². The van der Waals surface area contributed by atoms with Crippen molar-refractivity contribution >= 4 is 16.1 Å². The Morgan fingerprint density at radius 1 is 1.33 bits per heavy atom. The normalized spacial score (nSPS) is 23.2. The van der Waals surface area contributed by atoms with Crippen molar-refractivity contribution in [1.29, 1.82) is 0 Å². The SMILES string of the molecule is CC(C)NC(=O)N(C)C[C@H]1Oc2cc(C#CC3CC3)ccc2S(=O)(=O)N([C@H](C)CO)C[C@H]1C. The zero-order chi connectivity index (χ0) is 24.3. The van der Waals surface area contributed by atoms with Crippen LogP contribution < -0.4 is 10.1 Å². The number of carbonyl (C=O) groups excluding carboxylic acids is 1. The number of amides is 2. The number of rotatable bonds is 5. The highest BCUT2D eigenvalue weighted by atomic mass is 32.2. The summed E-state index contributed by atoms with van der Waals surface area (Å²) in [4.78, 5) is 14.1. The molecule has 2 N–H and O–H groups in total. The molecule has 2 aliphatic rings. The first kappa shape index (κ1) is 25.3. The molecular weight excluding hydrogens is 442 g/mol. The van der Waals surface area contributed by atoms with Crippen LogP contribution in [0.1, 0.15) is 46.1 Å². The number of nitrogens with zero attached hydrogens (tertiary/aromatic N) is 2. The van der Waals surface area contributed by atoms with Crippen LogP contribution in [0.4, 0.5) is 4.79 Å². The summed E-state index contributed by atoms with van der Waals surface area (Å²) >= 11 is 0. The molecule has 182 valence electrons. The molecule has 0 aromatic heterocycles. The Morgan fingerprint density at radius 2 is 2.03 bits per heavy atom. The van der Waals surface area contributed by atoms with Gasteiger partial charge in [-0.2, -0.15) is 4.31 Å². The van der Waals surface area contributed by atoms with E-state index in [0.717, 1.165) is 12.8 Å². The van der Waals surface area contributed by atoms with E-state index in [0.29, 0.717) is 11.5 Å². The maximum absolute atomic E-state index is 13.5. The van der Waals surface area contributed by atoms with Gasteiger partial charge in [0, 0.05) is 43.1 Å². The van der Waals surface area contributed by atoms with Crippen molar-refractivity contribution in [2.45, 2.75) is 63.6 Å². The monoisotopic (exact) mass is 477 g/mol. The predicted molar refractivity (Wildman–Crippen MR) is 126 cm³/mol. The average molecular weight is 478 g/mol. The summed E-state index contributed by atoms with van der Waals surface area (Å²) in [6.45, 7) is 7.50. The molecule has 0 saturated heterocycles. The van der Waals surface area contributed by atoms with Crippen LogP contribution in [0.25, 0.3) is 0 Å². The number of likely N-dealkylation sites (N-methyl/N-ethyl adjacent to an activating group) is 1. The molecule has 0 unspecified atom stereocenters. The largest absolute Gasteiger partial charge is 0.487 e. The van der Waals surface area contributed by atoms with E-state index in [1.807, 2.05) is 20.8 Å². The Kier molecular flexibility index (Phi) is 7.93. The summed E-state index contributed by atoms with van der Waals surface area (Å²) in [5.74, 6) is 6.71. The van der Waals surface area contributed by atoms with E-state index in [1.54, 1.807) is 31.0 Å². The van der Waals surface area contributed by atoms with Crippen LogP contribution >= 0.6 is 0 Å². The highest BCUT2D eigenvalue weighted by Crippen LogP contribution is 2.34. The second kappa shape index (κ2) is 10.3. The average Bonchev–Trinajstić information content (AvgIpc) is 3.58. The van der Waals surface area contributed by atoms with Gasteiger partial charge in [-0.3, -0.25) is 0 Å². The lowest BCUT2D eigenvalue weighted by Crippen LogP contribution is -2.51. The Morgan fingerprint density at radius 3 is 2.64 bits per heavy atom. The summed E-state index contributed by atoms with van der Waals surface area (Å²) in [7, 11) is -2.21. The number of hydrogen-bond acceptors (Lipinski definition) is 5. The fourth-order valence-electron chi connectivity index (χ4n) is 3.64. The van der Waals surface area contributed by atoms with Crippen molar-refractivity contribution in [3.05, 3.63) is 23.8 Å². The third kappa shape index (κ3) is 6.19. The van der Waals surface area contributed by atoms with E-state index in [-0.39, 0.29) is 48.3 Å². The van der Waals surface area contributed by atoms with E-state index in [9.17, 15) is 18.3 Å². The minimum Gasteiger partial charge on any atom is -0.487 e. The second-order valence-electron chi connectivity index (χ2n) is 9.43. The minimum absolute atomic E-state index is 0.00464. The lowest BCUT2D eigenvalue weighted by molar-refractivity contribution is 0.0809. The third-order valence-electron chi connectivity index (χ3n) is 5.88. The fraction of sp³-hybridized carbons (Fsp3) is 0.625. The zero-order valence-electron chi connectivity index (χ0n) is 20.0. The standard InChI is InChI=1S/C24H35N3O5S/c1-16(2)25-24(29)26(5)14-22-17(3)13-27(18(4)15-28)33(30,31)23-11-10-20(12-21(23)32-22)9-8-19-6-7-19/h10-12,16-19,22,28H,6-7,13-15H2,1-5H3,(H,25,29)/t17-,18-,22-/m1/s1. The Hall–Kier alpha value is -2.28. The maximum atomic E-state index is 13.5. The topological polar surface area (TPSA) is 99.2 Å². The molecule has 1 heterocycles. The molecule has 3 rings (SSSR count). The Labute approximate surface area is 197 Å². The number of fused-ring (bicyclic) bond motifs is 1. The van der Waals surface area contributed by atoms with Gasteiger partial charge in [-0.05, 0) is 51.8 Å². The van der Waals surface area contributed by atoms with Crippen molar-refractivity contribution in [1.82, 2.24) is 14.5 Å². The minimum atomic E-state index is -3.90. The molecule has 33 heavy (non-hydrogen) atoms. The number of urea groups is 1. The van der Waals surface area contributed by atoms with Crippen molar-refractivity contribution in [2.75, 3.05) is 26.7 Å². The number of aliphatic hydroxyl groups is 1. The van der Waals surface area contributed by atoms with Crippen LogP contribution in [0.15, 0.2) is 23.1 Å². The van der Waals surface area contributed by atoms with Crippen LogP contribution in [-0.4, -0.2) is 73.7 Å². The summed E-state index contributed by atoms with van der Waals surface area (Å²) in [6.07, 6.45) is 1.74. The van der Waals surface area contributed by atoms with E-state index in [4.69, 9.17) is 4.74 Å². The van der Waals surface area contributed by atoms with Gasteiger partial charge in [0.25, 0.3) is 0 Å². The molecule has 1 saturated carbocycles. The first-order valence-corrected chi connectivity index (χ1v) is 12.9. The van der Waals surface area contributed by atoms with Gasteiger partial charge in [-0.1, -0.05) is 18.8 Å². The Balaban J connectivity index is 1.99. The smallest absolute Gasteiger partial charge is 0.317 e.